The topological polar surface area (TPSA) is 0 Å². The molecule has 0 spiro atoms. The fourth-order valence-corrected chi connectivity index (χ4v) is 4.14. The predicted molar refractivity (Wildman–Crippen MR) is 57.5 cm³/mol. The molecule has 76 valence electrons. The van der Waals surface area contributed by atoms with Crippen LogP contribution in [0.25, 0.3) is 0 Å². The van der Waals surface area contributed by atoms with Crippen molar-refractivity contribution in [1.29, 1.82) is 0 Å². The van der Waals surface area contributed by atoms with Gasteiger partial charge in [0.05, 0.1) is 0 Å². The minimum absolute atomic E-state index is 0.647. The minimum Gasteiger partial charge on any atom is -0.0625 e. The van der Waals surface area contributed by atoms with Crippen LogP contribution in [-0.4, -0.2) is 0 Å². The zero-order chi connectivity index (χ0) is 9.80. The van der Waals surface area contributed by atoms with E-state index in [4.69, 9.17) is 0 Å². The van der Waals surface area contributed by atoms with Crippen molar-refractivity contribution in [1.82, 2.24) is 0 Å². The fraction of sp³-hybridized carbons (Fsp3) is 1.00. The van der Waals surface area contributed by atoms with Crippen molar-refractivity contribution in [3.8, 4) is 0 Å². The fourth-order valence-electron chi connectivity index (χ4n) is 4.14. The lowest BCUT2D eigenvalue weighted by molar-refractivity contribution is -0.0899. The van der Waals surface area contributed by atoms with Crippen LogP contribution < -0.4 is 0 Å². The van der Waals surface area contributed by atoms with Gasteiger partial charge >= 0.3 is 0 Å². The van der Waals surface area contributed by atoms with E-state index < -0.39 is 0 Å². The highest BCUT2D eigenvalue weighted by molar-refractivity contribution is 5.07. The zero-order valence-electron chi connectivity index (χ0n) is 9.80. The van der Waals surface area contributed by atoms with E-state index in [-0.39, 0.29) is 0 Å². The highest BCUT2D eigenvalue weighted by Gasteiger charge is 2.59. The average molecular weight is 180 g/mol. The van der Waals surface area contributed by atoms with Crippen molar-refractivity contribution in [2.45, 2.75) is 47.5 Å². The lowest BCUT2D eigenvalue weighted by Crippen LogP contribution is -2.51. The monoisotopic (exact) mass is 180 g/mol. The van der Waals surface area contributed by atoms with Crippen LogP contribution in [0.2, 0.25) is 0 Å². The summed E-state index contributed by atoms with van der Waals surface area (Å²) in [5.74, 6) is 5.03. The Bertz CT molecular complexity index is 196. The molecule has 2 rings (SSSR count). The molecule has 4 unspecified atom stereocenters. The molecule has 2 aliphatic rings. The standard InChI is InChI=1S/C13H24/c1-8(2)10-6-7-11-12(10)9(3)13(11,4)5/h8-12H,6-7H2,1-5H3. The van der Waals surface area contributed by atoms with Gasteiger partial charge in [-0.15, -0.1) is 0 Å². The van der Waals surface area contributed by atoms with Crippen LogP contribution >= 0.6 is 0 Å². The van der Waals surface area contributed by atoms with Gasteiger partial charge in [0.2, 0.25) is 0 Å². The highest BCUT2D eigenvalue weighted by Crippen LogP contribution is 2.65. The van der Waals surface area contributed by atoms with E-state index in [1.165, 1.54) is 12.8 Å². The second-order valence-corrected chi connectivity index (χ2v) is 6.28. The Balaban J connectivity index is 2.12. The molecule has 4 atom stereocenters. The lowest BCUT2D eigenvalue weighted by atomic mass is 9.48. The van der Waals surface area contributed by atoms with E-state index in [1.807, 2.05) is 0 Å². The average Bonchev–Trinajstić information content (AvgIpc) is 2.45. The van der Waals surface area contributed by atoms with Gasteiger partial charge < -0.3 is 0 Å². The number of fused-ring (bicyclic) bond motifs is 1. The third-order valence-corrected chi connectivity index (χ3v) is 5.33. The number of rotatable bonds is 1. The van der Waals surface area contributed by atoms with Gasteiger partial charge in [-0.25, -0.2) is 0 Å². The minimum atomic E-state index is 0.647. The molecule has 0 aromatic rings. The Hall–Kier alpha value is 0. The molecular formula is C13H24. The molecule has 0 bridgehead atoms. The summed E-state index contributed by atoms with van der Waals surface area (Å²) in [5.41, 5.74) is 0.647. The first-order valence-electron chi connectivity index (χ1n) is 5.96. The normalized spacial score (nSPS) is 47.5. The van der Waals surface area contributed by atoms with E-state index in [0.717, 1.165) is 29.6 Å². The number of hydrogen-bond acceptors (Lipinski definition) is 0. The van der Waals surface area contributed by atoms with Gasteiger partial charge in [0, 0.05) is 0 Å². The Morgan fingerprint density at radius 3 is 2.31 bits per heavy atom. The smallest absolute Gasteiger partial charge is 0.0295 e. The molecule has 0 heteroatoms. The molecule has 0 nitrogen and oxygen atoms in total. The van der Waals surface area contributed by atoms with Gasteiger partial charge in [0.15, 0.2) is 0 Å². The van der Waals surface area contributed by atoms with E-state index in [0.29, 0.717) is 5.41 Å². The molecule has 0 heterocycles. The molecular weight excluding hydrogens is 156 g/mol. The molecule has 2 fully saturated rings. The van der Waals surface area contributed by atoms with Crippen molar-refractivity contribution in [2.75, 3.05) is 0 Å². The van der Waals surface area contributed by atoms with Gasteiger partial charge in [-0.1, -0.05) is 34.6 Å². The number of hydrogen-bond donors (Lipinski definition) is 0. The Labute approximate surface area is 83.1 Å². The molecule has 0 aromatic heterocycles. The van der Waals surface area contributed by atoms with E-state index in [1.54, 1.807) is 0 Å². The summed E-state index contributed by atoms with van der Waals surface area (Å²) in [5, 5.41) is 0. The summed E-state index contributed by atoms with van der Waals surface area (Å²) >= 11 is 0. The Kier molecular flexibility index (Phi) is 2.02. The largest absolute Gasteiger partial charge is 0.0625 e. The van der Waals surface area contributed by atoms with E-state index in [9.17, 15) is 0 Å². The van der Waals surface area contributed by atoms with Gasteiger partial charge in [-0.2, -0.15) is 0 Å². The second-order valence-electron chi connectivity index (χ2n) is 6.28. The van der Waals surface area contributed by atoms with Crippen molar-refractivity contribution < 1.29 is 0 Å². The molecule has 0 aromatic carbocycles. The second kappa shape index (κ2) is 2.74. The molecule has 2 saturated carbocycles. The van der Waals surface area contributed by atoms with Crippen molar-refractivity contribution in [2.24, 2.45) is 35.0 Å². The van der Waals surface area contributed by atoms with Crippen LogP contribution in [0.1, 0.15) is 47.5 Å². The molecule has 0 N–H and O–H groups in total. The maximum absolute atomic E-state index is 2.47. The lowest BCUT2D eigenvalue weighted by Gasteiger charge is -2.57. The summed E-state index contributed by atoms with van der Waals surface area (Å²) in [6, 6.07) is 0. The molecule has 0 radical (unpaired) electrons. The Morgan fingerprint density at radius 2 is 1.77 bits per heavy atom. The van der Waals surface area contributed by atoms with Crippen LogP contribution in [0.3, 0.4) is 0 Å². The molecule has 0 aliphatic heterocycles. The van der Waals surface area contributed by atoms with E-state index in [2.05, 4.69) is 34.6 Å². The summed E-state index contributed by atoms with van der Waals surface area (Å²) in [7, 11) is 0. The van der Waals surface area contributed by atoms with Crippen LogP contribution in [0.4, 0.5) is 0 Å². The zero-order valence-corrected chi connectivity index (χ0v) is 9.80. The van der Waals surface area contributed by atoms with Gasteiger partial charge in [-0.3, -0.25) is 0 Å². The summed E-state index contributed by atoms with van der Waals surface area (Å²) in [6.45, 7) is 12.2. The van der Waals surface area contributed by atoms with Crippen LogP contribution in [0.15, 0.2) is 0 Å². The molecule has 2 aliphatic carbocycles. The SMILES string of the molecule is CC(C)C1CCC2C1C(C)C2(C)C. The van der Waals surface area contributed by atoms with Crippen LogP contribution in [0, 0.1) is 35.0 Å². The maximum Gasteiger partial charge on any atom is -0.0295 e. The third kappa shape index (κ3) is 1.10. The molecule has 0 saturated heterocycles. The maximum atomic E-state index is 2.47. The van der Waals surface area contributed by atoms with Crippen LogP contribution in [-0.2, 0) is 0 Å². The van der Waals surface area contributed by atoms with Gasteiger partial charge in [0.25, 0.3) is 0 Å². The summed E-state index contributed by atoms with van der Waals surface area (Å²) in [6.07, 6.45) is 3.01. The predicted octanol–water partition coefficient (Wildman–Crippen LogP) is 3.96. The van der Waals surface area contributed by atoms with Gasteiger partial charge in [0.1, 0.15) is 0 Å². The first kappa shape index (κ1) is 9.55. The first-order chi connectivity index (χ1) is 5.96. The molecule has 13 heavy (non-hydrogen) atoms. The Morgan fingerprint density at radius 1 is 1.15 bits per heavy atom. The third-order valence-electron chi connectivity index (χ3n) is 5.33. The first-order valence-corrected chi connectivity index (χ1v) is 5.96. The van der Waals surface area contributed by atoms with Crippen LogP contribution in [0.5, 0.6) is 0 Å². The molecule has 0 amide bonds. The summed E-state index contributed by atoms with van der Waals surface area (Å²) < 4.78 is 0. The van der Waals surface area contributed by atoms with Crippen molar-refractivity contribution in [3.63, 3.8) is 0 Å². The summed E-state index contributed by atoms with van der Waals surface area (Å²) in [4.78, 5) is 0. The van der Waals surface area contributed by atoms with Gasteiger partial charge in [-0.05, 0) is 47.8 Å². The van der Waals surface area contributed by atoms with Crippen molar-refractivity contribution in [3.05, 3.63) is 0 Å². The van der Waals surface area contributed by atoms with Crippen molar-refractivity contribution >= 4 is 0 Å². The van der Waals surface area contributed by atoms with E-state index >= 15 is 0 Å². The highest BCUT2D eigenvalue weighted by atomic mass is 14.6. The quantitative estimate of drug-likeness (QED) is 0.573.